The van der Waals surface area contributed by atoms with Crippen molar-refractivity contribution in [3.63, 3.8) is 0 Å². The van der Waals surface area contributed by atoms with Crippen LogP contribution in [0.1, 0.15) is 23.9 Å². The van der Waals surface area contributed by atoms with Gasteiger partial charge in [0.1, 0.15) is 5.75 Å². The first-order chi connectivity index (χ1) is 12.8. The highest BCUT2D eigenvalue weighted by atomic mass is 32.2. The minimum atomic E-state index is -0.439. The molecule has 2 N–H and O–H groups in total. The number of aliphatic imine (C=N–C) groups is 1. The number of aromatic hydroxyl groups is 1. The Morgan fingerprint density at radius 1 is 1.22 bits per heavy atom. The molecule has 1 aromatic heterocycles. The van der Waals surface area contributed by atoms with Gasteiger partial charge in [0.2, 0.25) is 5.17 Å². The van der Waals surface area contributed by atoms with Gasteiger partial charge in [-0.1, -0.05) is 6.07 Å². The van der Waals surface area contributed by atoms with Crippen LogP contribution in [0.25, 0.3) is 11.8 Å². The van der Waals surface area contributed by atoms with E-state index in [0.29, 0.717) is 5.17 Å². The van der Waals surface area contributed by atoms with Crippen molar-refractivity contribution < 1.29 is 9.90 Å². The van der Waals surface area contributed by atoms with E-state index < -0.39 is 5.91 Å². The lowest BCUT2D eigenvalue weighted by Crippen LogP contribution is -2.35. The molecule has 1 amide bonds. The van der Waals surface area contributed by atoms with E-state index >= 15 is 0 Å². The van der Waals surface area contributed by atoms with Crippen molar-refractivity contribution in [1.29, 1.82) is 5.41 Å². The third-order valence-electron chi connectivity index (χ3n) is 4.41. The van der Waals surface area contributed by atoms with Gasteiger partial charge in [0.25, 0.3) is 5.91 Å². The Hall–Kier alpha value is -3.13. The van der Waals surface area contributed by atoms with Crippen molar-refractivity contribution in [3.05, 3.63) is 52.9 Å². The molecule has 8 heteroatoms. The maximum Gasteiger partial charge on any atom is 0.283 e. The van der Waals surface area contributed by atoms with Crippen LogP contribution in [0.4, 0.5) is 0 Å². The lowest BCUT2D eigenvalue weighted by Gasteiger charge is -2.20. The zero-order valence-electron chi connectivity index (χ0n) is 15.0. The first-order valence-corrected chi connectivity index (χ1v) is 9.12. The molecular weight excluding hydrogens is 362 g/mol. The van der Waals surface area contributed by atoms with E-state index in [1.54, 1.807) is 24.3 Å². The number of phenols is 1. The van der Waals surface area contributed by atoms with Gasteiger partial charge < -0.3 is 9.67 Å². The molecule has 0 saturated carbocycles. The van der Waals surface area contributed by atoms with E-state index in [-0.39, 0.29) is 17.2 Å². The molecule has 2 aliphatic heterocycles. The van der Waals surface area contributed by atoms with E-state index in [1.807, 2.05) is 37.5 Å². The highest BCUT2D eigenvalue weighted by Gasteiger charge is 2.34. The van der Waals surface area contributed by atoms with Crippen molar-refractivity contribution in [2.24, 2.45) is 10.1 Å². The summed E-state index contributed by atoms with van der Waals surface area (Å²) in [6.45, 7) is 5.70. The number of amides is 1. The normalized spacial score (nSPS) is 18.0. The van der Waals surface area contributed by atoms with Crippen LogP contribution in [0.5, 0.6) is 5.75 Å². The van der Waals surface area contributed by atoms with Gasteiger partial charge in [-0.3, -0.25) is 10.2 Å². The fourth-order valence-electron chi connectivity index (χ4n) is 3.21. The summed E-state index contributed by atoms with van der Waals surface area (Å²) in [5.74, 6) is -0.229. The van der Waals surface area contributed by atoms with Gasteiger partial charge in [0.15, 0.2) is 5.84 Å². The molecule has 2 aliphatic rings. The van der Waals surface area contributed by atoms with E-state index in [1.165, 1.54) is 16.8 Å². The van der Waals surface area contributed by atoms with E-state index in [4.69, 9.17) is 5.41 Å². The molecular formula is C19H17N5O2S. The Labute approximate surface area is 160 Å². The summed E-state index contributed by atoms with van der Waals surface area (Å²) >= 11 is 1.28. The number of fused-ring (bicyclic) bond motifs is 1. The molecule has 27 heavy (non-hydrogen) atoms. The van der Waals surface area contributed by atoms with Crippen LogP contribution in [-0.4, -0.2) is 36.6 Å². The summed E-state index contributed by atoms with van der Waals surface area (Å²) < 4.78 is 1.99. The Balaban J connectivity index is 1.78. The Kier molecular flexibility index (Phi) is 4.00. The largest absolute Gasteiger partial charge is 0.508 e. The number of hydrogen-bond donors (Lipinski definition) is 2. The summed E-state index contributed by atoms with van der Waals surface area (Å²) in [7, 11) is 0. The summed E-state index contributed by atoms with van der Waals surface area (Å²) in [4.78, 5) is 16.5. The zero-order chi connectivity index (χ0) is 19.3. The fraction of sp³-hybridized carbons (Fsp3) is 0.158. The minimum absolute atomic E-state index is 0.0245. The van der Waals surface area contributed by atoms with Crippen LogP contribution in [0.3, 0.4) is 0 Å². The molecule has 0 radical (unpaired) electrons. The number of amidine groups is 2. The van der Waals surface area contributed by atoms with Crippen molar-refractivity contribution in [2.45, 2.75) is 20.8 Å². The van der Waals surface area contributed by atoms with Crippen molar-refractivity contribution in [3.8, 4) is 11.4 Å². The first kappa shape index (κ1) is 17.3. The second kappa shape index (κ2) is 6.24. The van der Waals surface area contributed by atoms with Gasteiger partial charge in [-0.05, 0) is 62.4 Å². The van der Waals surface area contributed by atoms with Crippen molar-refractivity contribution in [2.75, 3.05) is 0 Å². The molecule has 1 aromatic carbocycles. The summed E-state index contributed by atoms with van der Waals surface area (Å²) in [6, 6.07) is 8.93. The van der Waals surface area contributed by atoms with Crippen LogP contribution >= 0.6 is 11.8 Å². The smallest absolute Gasteiger partial charge is 0.283 e. The number of hydrogen-bond acceptors (Lipinski definition) is 5. The second-order valence-corrected chi connectivity index (χ2v) is 7.48. The number of rotatable bonds is 2. The monoisotopic (exact) mass is 379 g/mol. The highest BCUT2D eigenvalue weighted by molar-refractivity contribution is 8.26. The third-order valence-corrected chi connectivity index (χ3v) is 5.24. The van der Waals surface area contributed by atoms with Crippen LogP contribution in [0.2, 0.25) is 0 Å². The lowest BCUT2D eigenvalue weighted by atomic mass is 10.1. The van der Waals surface area contributed by atoms with E-state index in [0.717, 1.165) is 27.7 Å². The molecule has 0 spiro atoms. The Bertz CT molecular complexity index is 1090. The molecule has 136 valence electrons. The third kappa shape index (κ3) is 2.87. The molecule has 0 unspecified atom stereocenters. The molecule has 0 bridgehead atoms. The molecule has 3 heterocycles. The maximum atomic E-state index is 12.4. The number of benzene rings is 1. The summed E-state index contributed by atoms with van der Waals surface area (Å²) in [5, 5.41) is 24.9. The predicted octanol–water partition coefficient (Wildman–Crippen LogP) is 3.44. The molecule has 0 fully saturated rings. The van der Waals surface area contributed by atoms with E-state index in [2.05, 4.69) is 10.1 Å². The average molecular weight is 379 g/mol. The summed E-state index contributed by atoms with van der Waals surface area (Å²) in [6.07, 6.45) is 1.68. The molecule has 0 aliphatic carbocycles. The number of carbonyl (C=O) groups excluding carboxylic acids is 1. The number of thioether (sulfide) groups is 1. The molecule has 0 saturated heterocycles. The number of nitrogens with one attached hydrogen (secondary N) is 1. The number of phenolic OH excluding ortho intramolecular Hbond substituents is 1. The maximum absolute atomic E-state index is 12.4. The topological polar surface area (TPSA) is 94.0 Å². The first-order valence-electron chi connectivity index (χ1n) is 8.30. The van der Waals surface area contributed by atoms with Gasteiger partial charge in [-0.25, -0.2) is 0 Å². The molecule has 0 atom stereocenters. The quantitative estimate of drug-likeness (QED) is 0.782. The summed E-state index contributed by atoms with van der Waals surface area (Å²) in [5.41, 5.74) is 3.70. The van der Waals surface area contributed by atoms with Crippen LogP contribution in [0, 0.1) is 19.3 Å². The van der Waals surface area contributed by atoms with Crippen LogP contribution < -0.4 is 0 Å². The highest BCUT2D eigenvalue weighted by Crippen LogP contribution is 2.30. The van der Waals surface area contributed by atoms with Gasteiger partial charge in [-0.2, -0.15) is 15.1 Å². The molecule has 7 nitrogen and oxygen atoms in total. The molecule has 4 rings (SSSR count). The van der Waals surface area contributed by atoms with Gasteiger partial charge in [0.05, 0.1) is 10.6 Å². The van der Waals surface area contributed by atoms with E-state index in [9.17, 15) is 9.90 Å². The standard InChI is InChI=1S/C19H17N5O2S/c1-10-7-13(11(2)23(10)14-5-4-6-15(25)9-14)8-16-17(20)24-19(21-18(16)26)27-12(3)22-24/h4-9,20,25H,1-3H3/b16-8-,20-17?. The predicted molar refractivity (Wildman–Crippen MR) is 108 cm³/mol. The van der Waals surface area contributed by atoms with Gasteiger partial charge in [0, 0.05) is 23.1 Å². The number of aryl methyl sites for hydroxylation is 1. The average Bonchev–Trinajstić information content (AvgIpc) is 3.10. The number of carbonyl (C=O) groups is 1. The fourth-order valence-corrected chi connectivity index (χ4v) is 3.94. The number of nitrogens with zero attached hydrogens (tertiary/aromatic N) is 4. The van der Waals surface area contributed by atoms with Crippen LogP contribution in [0.15, 0.2) is 46.0 Å². The Morgan fingerprint density at radius 2 is 2.00 bits per heavy atom. The number of hydrazone groups is 1. The Morgan fingerprint density at radius 3 is 2.74 bits per heavy atom. The molecule has 2 aromatic rings. The number of aromatic nitrogens is 1. The van der Waals surface area contributed by atoms with Crippen LogP contribution in [-0.2, 0) is 4.79 Å². The van der Waals surface area contributed by atoms with Gasteiger partial charge >= 0.3 is 0 Å². The van der Waals surface area contributed by atoms with Crippen molar-refractivity contribution in [1.82, 2.24) is 9.58 Å². The van der Waals surface area contributed by atoms with Gasteiger partial charge in [-0.15, -0.1) is 0 Å². The minimum Gasteiger partial charge on any atom is -0.508 e. The zero-order valence-corrected chi connectivity index (χ0v) is 15.8. The van der Waals surface area contributed by atoms with Crippen molar-refractivity contribution >= 4 is 39.8 Å². The lowest BCUT2D eigenvalue weighted by molar-refractivity contribution is -0.114. The SMILES string of the molecule is CC1=NN2C(=N)/C(=C/c3cc(C)n(-c4cccc(O)c4)c3C)C(=O)N=C2S1. The second-order valence-electron chi connectivity index (χ2n) is 6.32.